The van der Waals surface area contributed by atoms with Gasteiger partial charge in [0.05, 0.1) is 22.1 Å². The largest absolute Gasteiger partial charge is 0.326 e. The Morgan fingerprint density at radius 1 is 1.29 bits per heavy atom. The van der Waals surface area contributed by atoms with Crippen LogP contribution in [0.25, 0.3) is 11.0 Å². The monoisotopic (exact) mass is 302 g/mol. The van der Waals surface area contributed by atoms with E-state index in [2.05, 4.69) is 34.8 Å². The lowest BCUT2D eigenvalue weighted by Crippen LogP contribution is -2.07. The van der Waals surface area contributed by atoms with Gasteiger partial charge in [-0.25, -0.2) is 4.98 Å². The number of rotatable bonds is 4. The minimum absolute atomic E-state index is 0.110. The third kappa shape index (κ3) is 2.81. The van der Waals surface area contributed by atoms with Crippen molar-refractivity contribution in [1.29, 1.82) is 0 Å². The number of nitrogens with zero attached hydrogens (tertiary/aromatic N) is 4. The molecule has 0 aliphatic rings. The summed E-state index contributed by atoms with van der Waals surface area (Å²) in [5.41, 5.74) is 4.45. The maximum atomic E-state index is 6.30. The number of imidazole rings is 1. The summed E-state index contributed by atoms with van der Waals surface area (Å²) in [6.45, 7) is 4.88. The van der Waals surface area contributed by atoms with Crippen molar-refractivity contribution in [2.24, 2.45) is 7.05 Å². The number of aryl methyl sites for hydroxylation is 4. The van der Waals surface area contributed by atoms with Gasteiger partial charge in [0.1, 0.15) is 5.82 Å². The second-order valence-corrected chi connectivity index (χ2v) is 6.12. The first-order valence-corrected chi connectivity index (χ1v) is 7.57. The van der Waals surface area contributed by atoms with Crippen LogP contribution in [0.1, 0.15) is 29.4 Å². The predicted octanol–water partition coefficient (Wildman–Crippen LogP) is 3.62. The molecule has 2 heterocycles. The standard InChI is InChI=1S/C16H19ClN4/c1-11-4-5-15-14(10-11)18-16(12(2)17)21(15)9-7-13-6-8-20(3)19-13/h4-6,8,10,12H,7,9H2,1-3H3. The maximum absolute atomic E-state index is 6.30. The molecule has 2 aromatic heterocycles. The summed E-state index contributed by atoms with van der Waals surface area (Å²) in [7, 11) is 1.94. The quantitative estimate of drug-likeness (QED) is 0.690. The van der Waals surface area contributed by atoms with E-state index in [1.54, 1.807) is 0 Å². The number of hydrogen-bond acceptors (Lipinski definition) is 2. The molecule has 3 aromatic rings. The molecule has 21 heavy (non-hydrogen) atoms. The fourth-order valence-corrected chi connectivity index (χ4v) is 2.79. The maximum Gasteiger partial charge on any atom is 0.127 e. The molecule has 0 saturated carbocycles. The number of hydrogen-bond donors (Lipinski definition) is 0. The van der Waals surface area contributed by atoms with Crippen LogP contribution in [0.5, 0.6) is 0 Å². The average molecular weight is 303 g/mol. The van der Waals surface area contributed by atoms with Gasteiger partial charge >= 0.3 is 0 Å². The summed E-state index contributed by atoms with van der Waals surface area (Å²) in [6.07, 6.45) is 2.84. The van der Waals surface area contributed by atoms with Crippen LogP contribution in [0.15, 0.2) is 30.5 Å². The van der Waals surface area contributed by atoms with Crippen LogP contribution in [-0.4, -0.2) is 19.3 Å². The number of halogens is 1. The van der Waals surface area contributed by atoms with Crippen LogP contribution in [0.2, 0.25) is 0 Å². The molecule has 110 valence electrons. The Morgan fingerprint density at radius 2 is 2.10 bits per heavy atom. The highest BCUT2D eigenvalue weighted by Gasteiger charge is 2.15. The first-order valence-electron chi connectivity index (χ1n) is 7.14. The van der Waals surface area contributed by atoms with Crippen LogP contribution in [0, 0.1) is 6.92 Å². The summed E-state index contributed by atoms with van der Waals surface area (Å²) in [5, 5.41) is 4.32. The lowest BCUT2D eigenvalue weighted by molar-refractivity contribution is 0.647. The Morgan fingerprint density at radius 3 is 2.76 bits per heavy atom. The normalized spacial score (nSPS) is 13.0. The molecule has 5 heteroatoms. The highest BCUT2D eigenvalue weighted by atomic mass is 35.5. The van der Waals surface area contributed by atoms with E-state index in [0.29, 0.717) is 0 Å². The van der Waals surface area contributed by atoms with Gasteiger partial charge in [0.15, 0.2) is 0 Å². The molecule has 0 amide bonds. The molecular formula is C16H19ClN4. The molecule has 0 aliphatic carbocycles. The number of alkyl halides is 1. The summed E-state index contributed by atoms with van der Waals surface area (Å²) in [5.74, 6) is 0.924. The van der Waals surface area contributed by atoms with E-state index in [-0.39, 0.29) is 5.38 Å². The van der Waals surface area contributed by atoms with Gasteiger partial charge in [0.25, 0.3) is 0 Å². The fourth-order valence-electron chi connectivity index (χ4n) is 2.62. The van der Waals surface area contributed by atoms with Gasteiger partial charge in [-0.15, -0.1) is 11.6 Å². The lowest BCUT2D eigenvalue weighted by atomic mass is 10.2. The molecule has 0 N–H and O–H groups in total. The second-order valence-electron chi connectivity index (χ2n) is 5.46. The molecule has 0 radical (unpaired) electrons. The Bertz CT molecular complexity index is 770. The number of fused-ring (bicyclic) bond motifs is 1. The van der Waals surface area contributed by atoms with E-state index in [0.717, 1.165) is 35.5 Å². The SMILES string of the molecule is Cc1ccc2c(c1)nc(C(C)Cl)n2CCc1ccn(C)n1. The van der Waals surface area contributed by atoms with Crippen LogP contribution in [-0.2, 0) is 20.0 Å². The van der Waals surface area contributed by atoms with Crippen molar-refractivity contribution in [3.63, 3.8) is 0 Å². The zero-order chi connectivity index (χ0) is 15.0. The second kappa shape index (κ2) is 5.53. The van der Waals surface area contributed by atoms with Crippen molar-refractivity contribution < 1.29 is 0 Å². The van der Waals surface area contributed by atoms with E-state index >= 15 is 0 Å². The number of aromatic nitrogens is 4. The van der Waals surface area contributed by atoms with Gasteiger partial charge in [0, 0.05) is 26.2 Å². The van der Waals surface area contributed by atoms with Crippen molar-refractivity contribution >= 4 is 22.6 Å². The molecule has 1 atom stereocenters. The van der Waals surface area contributed by atoms with E-state index in [1.165, 1.54) is 5.56 Å². The van der Waals surface area contributed by atoms with Gasteiger partial charge in [0.2, 0.25) is 0 Å². The average Bonchev–Trinajstić information content (AvgIpc) is 2.99. The highest BCUT2D eigenvalue weighted by molar-refractivity contribution is 6.20. The van der Waals surface area contributed by atoms with Crippen molar-refractivity contribution in [1.82, 2.24) is 19.3 Å². The summed E-state index contributed by atoms with van der Waals surface area (Å²) < 4.78 is 4.04. The molecule has 0 fully saturated rings. The summed E-state index contributed by atoms with van der Waals surface area (Å²) >= 11 is 6.30. The molecule has 4 nitrogen and oxygen atoms in total. The van der Waals surface area contributed by atoms with Gasteiger partial charge in [-0.2, -0.15) is 5.10 Å². The van der Waals surface area contributed by atoms with Gasteiger partial charge < -0.3 is 4.57 Å². The number of benzene rings is 1. The first kappa shape index (κ1) is 14.1. The summed E-state index contributed by atoms with van der Waals surface area (Å²) in [4.78, 5) is 4.70. The molecule has 0 spiro atoms. The predicted molar refractivity (Wildman–Crippen MR) is 85.7 cm³/mol. The third-order valence-corrected chi connectivity index (χ3v) is 3.84. The molecule has 3 rings (SSSR count). The zero-order valence-corrected chi connectivity index (χ0v) is 13.3. The topological polar surface area (TPSA) is 35.6 Å². The van der Waals surface area contributed by atoms with Crippen LogP contribution >= 0.6 is 11.6 Å². The van der Waals surface area contributed by atoms with Crippen LogP contribution < -0.4 is 0 Å². The molecule has 1 unspecified atom stereocenters. The highest BCUT2D eigenvalue weighted by Crippen LogP contribution is 2.25. The Hall–Kier alpha value is -1.81. The summed E-state index contributed by atoms with van der Waals surface area (Å²) in [6, 6.07) is 8.39. The minimum Gasteiger partial charge on any atom is -0.326 e. The molecule has 1 aromatic carbocycles. The Balaban J connectivity index is 1.97. The Kier molecular flexibility index (Phi) is 3.72. The molecule has 0 aliphatic heterocycles. The Labute approximate surface area is 129 Å². The van der Waals surface area contributed by atoms with Gasteiger partial charge in [-0.1, -0.05) is 6.07 Å². The fraction of sp³-hybridized carbons (Fsp3) is 0.375. The van der Waals surface area contributed by atoms with Crippen LogP contribution in [0.4, 0.5) is 0 Å². The van der Waals surface area contributed by atoms with Crippen molar-refractivity contribution in [3.05, 3.63) is 47.5 Å². The zero-order valence-electron chi connectivity index (χ0n) is 12.5. The first-order chi connectivity index (χ1) is 10.0. The van der Waals surface area contributed by atoms with E-state index in [1.807, 2.05) is 30.9 Å². The van der Waals surface area contributed by atoms with Gasteiger partial charge in [-0.3, -0.25) is 4.68 Å². The van der Waals surface area contributed by atoms with Crippen molar-refractivity contribution in [3.8, 4) is 0 Å². The van der Waals surface area contributed by atoms with Crippen molar-refractivity contribution in [2.45, 2.75) is 32.2 Å². The van der Waals surface area contributed by atoms with Crippen molar-refractivity contribution in [2.75, 3.05) is 0 Å². The lowest BCUT2D eigenvalue weighted by Gasteiger charge is -2.09. The molecule has 0 saturated heterocycles. The smallest absolute Gasteiger partial charge is 0.127 e. The van der Waals surface area contributed by atoms with E-state index in [4.69, 9.17) is 16.6 Å². The van der Waals surface area contributed by atoms with E-state index in [9.17, 15) is 0 Å². The molecule has 0 bridgehead atoms. The molecular weight excluding hydrogens is 284 g/mol. The van der Waals surface area contributed by atoms with Gasteiger partial charge in [-0.05, 0) is 37.6 Å². The minimum atomic E-state index is -0.110. The van der Waals surface area contributed by atoms with E-state index < -0.39 is 0 Å². The third-order valence-electron chi connectivity index (χ3n) is 3.65. The van der Waals surface area contributed by atoms with Crippen LogP contribution in [0.3, 0.4) is 0 Å².